The average Bonchev–Trinajstić information content (AvgIpc) is 1.88. The largest absolute Gasteiger partial charge is 0.316 e. The van der Waals surface area contributed by atoms with E-state index in [1.165, 1.54) is 12.1 Å². The SMILES string of the molecule is Fc1cccc(CBr)c1.[MgH2]. The third kappa shape index (κ3) is 2.99. The van der Waals surface area contributed by atoms with Gasteiger partial charge in [0, 0.05) is 5.33 Å². The average molecular weight is 215 g/mol. The van der Waals surface area contributed by atoms with Crippen molar-refractivity contribution in [3.8, 4) is 0 Å². The lowest BCUT2D eigenvalue weighted by molar-refractivity contribution is 0.626. The Morgan fingerprint density at radius 1 is 1.40 bits per heavy atom. The summed E-state index contributed by atoms with van der Waals surface area (Å²) in [5, 5.41) is 0.713. The molecule has 52 valence electrons. The van der Waals surface area contributed by atoms with Crippen molar-refractivity contribution in [2.24, 2.45) is 0 Å². The molecule has 0 saturated heterocycles. The molecule has 0 N–H and O–H groups in total. The zero-order valence-electron chi connectivity index (χ0n) is 4.77. The van der Waals surface area contributed by atoms with Crippen LogP contribution in [0, 0.1) is 5.82 Å². The summed E-state index contributed by atoms with van der Waals surface area (Å²) in [4.78, 5) is 0. The summed E-state index contributed by atoms with van der Waals surface area (Å²) in [6.07, 6.45) is 0. The van der Waals surface area contributed by atoms with Gasteiger partial charge in [0.15, 0.2) is 0 Å². The first-order valence-electron chi connectivity index (χ1n) is 2.63. The molecule has 0 unspecified atom stereocenters. The third-order valence-corrected chi connectivity index (χ3v) is 1.69. The Morgan fingerprint density at radius 2 is 2.10 bits per heavy atom. The van der Waals surface area contributed by atoms with Gasteiger partial charge in [-0.05, 0) is 17.7 Å². The van der Waals surface area contributed by atoms with Crippen LogP contribution in [0.25, 0.3) is 0 Å². The Labute approximate surface area is 84.1 Å². The molecular formula is C7H8BrFMg. The molecule has 10 heavy (non-hydrogen) atoms. The number of halogens is 2. The highest BCUT2D eigenvalue weighted by atomic mass is 79.9. The van der Waals surface area contributed by atoms with E-state index >= 15 is 0 Å². The number of hydrogen-bond acceptors (Lipinski definition) is 0. The summed E-state index contributed by atoms with van der Waals surface area (Å²) in [7, 11) is 0. The van der Waals surface area contributed by atoms with E-state index in [4.69, 9.17) is 0 Å². The van der Waals surface area contributed by atoms with E-state index < -0.39 is 0 Å². The Kier molecular flexibility index (Phi) is 5.30. The van der Waals surface area contributed by atoms with Crippen molar-refractivity contribution in [3.05, 3.63) is 35.6 Å². The quantitative estimate of drug-likeness (QED) is 0.495. The van der Waals surface area contributed by atoms with Gasteiger partial charge in [0.2, 0.25) is 0 Å². The summed E-state index contributed by atoms with van der Waals surface area (Å²) in [6, 6.07) is 6.52. The van der Waals surface area contributed by atoms with Crippen molar-refractivity contribution in [3.63, 3.8) is 0 Å². The van der Waals surface area contributed by atoms with Gasteiger partial charge >= 0.3 is 23.1 Å². The number of rotatable bonds is 1. The first-order valence-corrected chi connectivity index (χ1v) is 3.75. The Balaban J connectivity index is 0.000000810. The van der Waals surface area contributed by atoms with Crippen molar-refractivity contribution in [1.82, 2.24) is 0 Å². The molecule has 0 aliphatic rings. The number of benzene rings is 1. The zero-order valence-corrected chi connectivity index (χ0v) is 6.36. The predicted octanol–water partition coefficient (Wildman–Crippen LogP) is 1.80. The second-order valence-corrected chi connectivity index (χ2v) is 2.32. The minimum absolute atomic E-state index is 0. The smallest absolute Gasteiger partial charge is 0.207 e. The minimum Gasteiger partial charge on any atom is -0.207 e. The van der Waals surface area contributed by atoms with Crippen molar-refractivity contribution in [1.29, 1.82) is 0 Å². The van der Waals surface area contributed by atoms with Gasteiger partial charge in [0.25, 0.3) is 0 Å². The van der Waals surface area contributed by atoms with Gasteiger partial charge in [-0.25, -0.2) is 4.39 Å². The van der Waals surface area contributed by atoms with Crippen LogP contribution in [-0.4, -0.2) is 23.1 Å². The fourth-order valence-corrected chi connectivity index (χ4v) is 0.969. The normalized spacial score (nSPS) is 8.60. The Morgan fingerprint density at radius 3 is 2.50 bits per heavy atom. The van der Waals surface area contributed by atoms with Crippen molar-refractivity contribution in [2.75, 3.05) is 0 Å². The number of hydrogen-bond donors (Lipinski definition) is 0. The summed E-state index contributed by atoms with van der Waals surface area (Å²) >= 11 is 3.22. The monoisotopic (exact) mass is 214 g/mol. The fourth-order valence-electron chi connectivity index (χ4n) is 0.620. The summed E-state index contributed by atoms with van der Waals surface area (Å²) < 4.78 is 12.3. The topological polar surface area (TPSA) is 0 Å². The van der Waals surface area contributed by atoms with Crippen LogP contribution in [-0.2, 0) is 5.33 Å². The maximum Gasteiger partial charge on any atom is 0.316 e. The van der Waals surface area contributed by atoms with Gasteiger partial charge < -0.3 is 0 Å². The van der Waals surface area contributed by atoms with Crippen molar-refractivity contribution >= 4 is 39.0 Å². The van der Waals surface area contributed by atoms with Gasteiger partial charge in [-0.1, -0.05) is 28.1 Å². The molecule has 0 aliphatic carbocycles. The second-order valence-electron chi connectivity index (χ2n) is 1.76. The Hall–Kier alpha value is 0.396. The minimum atomic E-state index is -0.174. The van der Waals surface area contributed by atoms with Crippen LogP contribution < -0.4 is 0 Å². The first kappa shape index (κ1) is 10.4. The standard InChI is InChI=1S/C7H6BrF.Mg.2H/c8-5-6-2-1-3-7(9)4-6;;;/h1-4H,5H2;;;. The highest BCUT2D eigenvalue weighted by Crippen LogP contribution is 2.06. The molecule has 0 aromatic heterocycles. The maximum atomic E-state index is 12.3. The van der Waals surface area contributed by atoms with Crippen LogP contribution in [0.4, 0.5) is 4.39 Å². The molecule has 1 rings (SSSR count). The molecule has 0 heterocycles. The van der Waals surface area contributed by atoms with Gasteiger partial charge in [0.05, 0.1) is 0 Å². The molecule has 0 amide bonds. The predicted molar refractivity (Wildman–Crippen MR) is 47.6 cm³/mol. The zero-order chi connectivity index (χ0) is 6.69. The van der Waals surface area contributed by atoms with Crippen LogP contribution in [0.1, 0.15) is 5.56 Å². The molecular weight excluding hydrogens is 207 g/mol. The van der Waals surface area contributed by atoms with Gasteiger partial charge in [-0.2, -0.15) is 0 Å². The van der Waals surface area contributed by atoms with Gasteiger partial charge in [-0.15, -0.1) is 0 Å². The van der Waals surface area contributed by atoms with E-state index in [-0.39, 0.29) is 28.9 Å². The maximum absolute atomic E-state index is 12.3. The van der Waals surface area contributed by atoms with Crippen LogP contribution in [0.3, 0.4) is 0 Å². The highest BCUT2D eigenvalue weighted by molar-refractivity contribution is 9.08. The molecule has 0 fully saturated rings. The van der Waals surface area contributed by atoms with Crippen LogP contribution in [0.15, 0.2) is 24.3 Å². The van der Waals surface area contributed by atoms with E-state index in [0.29, 0.717) is 5.33 Å². The lowest BCUT2D eigenvalue weighted by Gasteiger charge is -1.91. The lowest BCUT2D eigenvalue weighted by Crippen LogP contribution is -1.77. The molecule has 3 heteroatoms. The van der Waals surface area contributed by atoms with Crippen LogP contribution >= 0.6 is 15.9 Å². The molecule has 1 aromatic carbocycles. The van der Waals surface area contributed by atoms with Gasteiger partial charge in [-0.3, -0.25) is 0 Å². The molecule has 0 bridgehead atoms. The lowest BCUT2D eigenvalue weighted by atomic mass is 10.2. The van der Waals surface area contributed by atoms with Crippen LogP contribution in [0.5, 0.6) is 0 Å². The van der Waals surface area contributed by atoms with E-state index in [0.717, 1.165) is 5.56 Å². The summed E-state index contributed by atoms with van der Waals surface area (Å²) in [5.41, 5.74) is 0.968. The fraction of sp³-hybridized carbons (Fsp3) is 0.143. The number of alkyl halides is 1. The summed E-state index contributed by atoms with van der Waals surface area (Å²) in [6.45, 7) is 0. The van der Waals surface area contributed by atoms with Crippen molar-refractivity contribution in [2.45, 2.75) is 5.33 Å². The summed E-state index contributed by atoms with van der Waals surface area (Å²) in [5.74, 6) is -0.174. The molecule has 0 atom stereocenters. The van der Waals surface area contributed by atoms with E-state index in [1.807, 2.05) is 6.07 Å². The van der Waals surface area contributed by atoms with E-state index in [9.17, 15) is 4.39 Å². The molecule has 0 radical (unpaired) electrons. The third-order valence-electron chi connectivity index (χ3n) is 1.04. The molecule has 0 aliphatic heterocycles. The second kappa shape index (κ2) is 5.10. The van der Waals surface area contributed by atoms with E-state index in [2.05, 4.69) is 15.9 Å². The molecule has 0 saturated carbocycles. The molecule has 1 aromatic rings. The van der Waals surface area contributed by atoms with Gasteiger partial charge in [0.1, 0.15) is 5.82 Å². The van der Waals surface area contributed by atoms with E-state index in [1.54, 1.807) is 6.07 Å². The first-order chi connectivity index (χ1) is 4.33. The highest BCUT2D eigenvalue weighted by Gasteiger charge is 1.89. The molecule has 0 nitrogen and oxygen atoms in total. The molecule has 0 spiro atoms. The van der Waals surface area contributed by atoms with Crippen molar-refractivity contribution < 1.29 is 4.39 Å². The Bertz CT molecular complexity index is 203. The van der Waals surface area contributed by atoms with Crippen LogP contribution in [0.2, 0.25) is 0 Å².